The molecule has 6 nitrogen and oxygen atoms in total. The van der Waals surface area contributed by atoms with Crippen molar-refractivity contribution in [2.75, 3.05) is 26.2 Å². The first-order valence-electron chi connectivity index (χ1n) is 9.20. The molecule has 1 saturated heterocycles. The Labute approximate surface area is 162 Å². The number of thiophene rings is 1. The lowest BCUT2D eigenvalue weighted by Crippen LogP contribution is -2.62. The SMILES string of the molecule is O=C(NCC(=O)N1CC(N2CCc3sccc3C2)C1)OCc1ccccc1. The zero-order valence-corrected chi connectivity index (χ0v) is 15.9. The van der Waals surface area contributed by atoms with Crippen LogP contribution >= 0.6 is 11.3 Å². The van der Waals surface area contributed by atoms with Crippen molar-refractivity contribution in [3.8, 4) is 0 Å². The van der Waals surface area contributed by atoms with Crippen molar-refractivity contribution in [2.45, 2.75) is 25.6 Å². The van der Waals surface area contributed by atoms with Crippen LogP contribution in [0.5, 0.6) is 0 Å². The Bertz CT molecular complexity index is 802. The maximum atomic E-state index is 12.2. The standard InChI is InChI=1S/C20H23N3O3S/c24-19(10-21-20(25)26-14-15-4-2-1-3-5-15)23-12-17(13-23)22-8-6-18-16(11-22)7-9-27-18/h1-5,7,9,17H,6,8,10-14H2,(H,21,25). The largest absolute Gasteiger partial charge is 0.445 e. The summed E-state index contributed by atoms with van der Waals surface area (Å²) in [4.78, 5) is 29.7. The molecule has 7 heteroatoms. The van der Waals surface area contributed by atoms with Crippen LogP contribution in [0.1, 0.15) is 16.0 Å². The van der Waals surface area contributed by atoms with Crippen LogP contribution < -0.4 is 5.32 Å². The van der Waals surface area contributed by atoms with Gasteiger partial charge in [-0.2, -0.15) is 0 Å². The summed E-state index contributed by atoms with van der Waals surface area (Å²) in [5.41, 5.74) is 2.35. The fraction of sp³-hybridized carbons (Fsp3) is 0.400. The number of carbonyl (C=O) groups excluding carboxylic acids is 2. The number of hydrogen-bond donors (Lipinski definition) is 1. The van der Waals surface area contributed by atoms with Crippen molar-refractivity contribution in [3.63, 3.8) is 0 Å². The molecule has 1 aromatic heterocycles. The van der Waals surface area contributed by atoms with Gasteiger partial charge < -0.3 is 15.0 Å². The molecule has 1 N–H and O–H groups in total. The number of rotatable bonds is 5. The molecule has 0 aliphatic carbocycles. The van der Waals surface area contributed by atoms with E-state index < -0.39 is 6.09 Å². The third-order valence-electron chi connectivity index (χ3n) is 5.17. The molecule has 27 heavy (non-hydrogen) atoms. The zero-order valence-electron chi connectivity index (χ0n) is 15.1. The molecular weight excluding hydrogens is 362 g/mol. The van der Waals surface area contributed by atoms with Crippen LogP contribution in [0.4, 0.5) is 4.79 Å². The molecular formula is C20H23N3O3S. The van der Waals surface area contributed by atoms with Gasteiger partial charge in [0.1, 0.15) is 13.2 Å². The molecule has 142 valence electrons. The molecule has 2 amide bonds. The fourth-order valence-electron chi connectivity index (χ4n) is 3.51. The van der Waals surface area contributed by atoms with E-state index in [0.717, 1.165) is 38.2 Å². The van der Waals surface area contributed by atoms with E-state index in [9.17, 15) is 9.59 Å². The first-order valence-corrected chi connectivity index (χ1v) is 10.1. The van der Waals surface area contributed by atoms with E-state index >= 15 is 0 Å². The fourth-order valence-corrected chi connectivity index (χ4v) is 4.40. The number of hydrogen-bond acceptors (Lipinski definition) is 5. The molecule has 0 spiro atoms. The lowest BCUT2D eigenvalue weighted by molar-refractivity contribution is -0.137. The minimum Gasteiger partial charge on any atom is -0.445 e. The minimum atomic E-state index is -0.565. The second kappa shape index (κ2) is 8.10. The van der Waals surface area contributed by atoms with Crippen molar-refractivity contribution in [3.05, 3.63) is 57.8 Å². The van der Waals surface area contributed by atoms with Crippen molar-refractivity contribution in [2.24, 2.45) is 0 Å². The summed E-state index contributed by atoms with van der Waals surface area (Å²) in [5.74, 6) is -0.0591. The Hall–Kier alpha value is -2.38. The quantitative estimate of drug-likeness (QED) is 0.858. The molecule has 3 heterocycles. The number of carbonyl (C=O) groups is 2. The van der Waals surface area contributed by atoms with Crippen LogP contribution in [0.15, 0.2) is 41.8 Å². The highest BCUT2D eigenvalue weighted by molar-refractivity contribution is 7.10. The summed E-state index contributed by atoms with van der Waals surface area (Å²) in [5, 5.41) is 4.70. The Morgan fingerprint density at radius 1 is 1.19 bits per heavy atom. The molecule has 1 fully saturated rings. The lowest BCUT2D eigenvalue weighted by Gasteiger charge is -2.46. The summed E-state index contributed by atoms with van der Waals surface area (Å²) >= 11 is 1.84. The number of benzene rings is 1. The first-order chi connectivity index (χ1) is 13.2. The van der Waals surface area contributed by atoms with Crippen LogP contribution in [0.2, 0.25) is 0 Å². The third-order valence-corrected chi connectivity index (χ3v) is 6.19. The Morgan fingerprint density at radius 3 is 2.81 bits per heavy atom. The first kappa shape index (κ1) is 18.0. The van der Waals surface area contributed by atoms with Gasteiger partial charge in [0.05, 0.1) is 0 Å². The molecule has 2 aliphatic rings. The van der Waals surface area contributed by atoms with Gasteiger partial charge in [-0.1, -0.05) is 30.3 Å². The van der Waals surface area contributed by atoms with Gasteiger partial charge in [0.2, 0.25) is 5.91 Å². The summed E-state index contributed by atoms with van der Waals surface area (Å²) in [7, 11) is 0. The van der Waals surface area contributed by atoms with Gasteiger partial charge in [0, 0.05) is 37.1 Å². The topological polar surface area (TPSA) is 61.9 Å². The van der Waals surface area contributed by atoms with E-state index in [4.69, 9.17) is 4.74 Å². The van der Waals surface area contributed by atoms with Gasteiger partial charge in [-0.15, -0.1) is 11.3 Å². The third kappa shape index (κ3) is 4.31. The van der Waals surface area contributed by atoms with Crippen molar-refractivity contribution >= 4 is 23.3 Å². The van der Waals surface area contributed by atoms with Gasteiger partial charge in [-0.3, -0.25) is 9.69 Å². The van der Waals surface area contributed by atoms with E-state index in [0.29, 0.717) is 6.04 Å². The second-order valence-corrected chi connectivity index (χ2v) is 7.96. The van der Waals surface area contributed by atoms with Crippen molar-refractivity contribution in [1.82, 2.24) is 15.1 Å². The Balaban J connectivity index is 1.15. The van der Waals surface area contributed by atoms with E-state index in [2.05, 4.69) is 21.7 Å². The van der Waals surface area contributed by atoms with Gasteiger partial charge in [-0.25, -0.2) is 4.79 Å². The molecule has 1 aromatic carbocycles. The smallest absolute Gasteiger partial charge is 0.407 e. The highest BCUT2D eigenvalue weighted by Crippen LogP contribution is 2.27. The number of nitrogens with one attached hydrogen (secondary N) is 1. The predicted molar refractivity (Wildman–Crippen MR) is 103 cm³/mol. The highest BCUT2D eigenvalue weighted by Gasteiger charge is 2.36. The van der Waals surface area contributed by atoms with Gasteiger partial charge in [0.15, 0.2) is 0 Å². The number of amides is 2. The Morgan fingerprint density at radius 2 is 2.00 bits per heavy atom. The monoisotopic (exact) mass is 385 g/mol. The minimum absolute atomic E-state index is 0.0188. The van der Waals surface area contributed by atoms with Crippen LogP contribution in [-0.2, 0) is 29.1 Å². The summed E-state index contributed by atoms with van der Waals surface area (Å²) in [6.45, 7) is 3.69. The highest BCUT2D eigenvalue weighted by atomic mass is 32.1. The maximum Gasteiger partial charge on any atom is 0.407 e. The molecule has 0 unspecified atom stereocenters. The lowest BCUT2D eigenvalue weighted by atomic mass is 10.0. The van der Waals surface area contributed by atoms with Gasteiger partial charge in [-0.05, 0) is 29.0 Å². The molecule has 2 aliphatic heterocycles. The summed E-state index contributed by atoms with van der Waals surface area (Å²) in [6.07, 6.45) is 0.539. The van der Waals surface area contributed by atoms with E-state index in [1.54, 1.807) is 4.90 Å². The molecule has 0 saturated carbocycles. The second-order valence-electron chi connectivity index (χ2n) is 6.96. The molecule has 0 atom stereocenters. The zero-order chi connectivity index (χ0) is 18.6. The maximum absolute atomic E-state index is 12.2. The van der Waals surface area contributed by atoms with E-state index in [1.165, 1.54) is 10.4 Å². The number of alkyl carbamates (subject to hydrolysis) is 1. The van der Waals surface area contributed by atoms with Crippen LogP contribution in [-0.4, -0.2) is 54.0 Å². The molecule has 4 rings (SSSR count). The number of fused-ring (bicyclic) bond motifs is 1. The number of likely N-dealkylation sites (tertiary alicyclic amines) is 1. The van der Waals surface area contributed by atoms with Crippen molar-refractivity contribution in [1.29, 1.82) is 0 Å². The van der Waals surface area contributed by atoms with Crippen LogP contribution in [0.3, 0.4) is 0 Å². The van der Waals surface area contributed by atoms with E-state index in [1.807, 2.05) is 41.7 Å². The average Bonchev–Trinajstić information content (AvgIpc) is 3.12. The summed E-state index contributed by atoms with van der Waals surface area (Å²) in [6, 6.07) is 12.1. The summed E-state index contributed by atoms with van der Waals surface area (Å²) < 4.78 is 5.12. The van der Waals surface area contributed by atoms with Crippen LogP contribution in [0.25, 0.3) is 0 Å². The van der Waals surface area contributed by atoms with E-state index in [-0.39, 0.29) is 19.1 Å². The van der Waals surface area contributed by atoms with Crippen LogP contribution in [0, 0.1) is 0 Å². The van der Waals surface area contributed by atoms with Gasteiger partial charge in [0.25, 0.3) is 0 Å². The molecule has 2 aromatic rings. The normalized spacial score (nSPS) is 17.1. The molecule has 0 bridgehead atoms. The van der Waals surface area contributed by atoms with Gasteiger partial charge >= 0.3 is 6.09 Å². The number of nitrogens with zero attached hydrogens (tertiary/aromatic N) is 2. The van der Waals surface area contributed by atoms with Crippen molar-refractivity contribution < 1.29 is 14.3 Å². The molecule has 0 radical (unpaired) electrons. The number of ether oxygens (including phenoxy) is 1. The predicted octanol–water partition coefficient (Wildman–Crippen LogP) is 2.24. The average molecular weight is 385 g/mol. The Kier molecular flexibility index (Phi) is 5.40.